The van der Waals surface area contributed by atoms with Crippen LogP contribution in [-0.2, 0) is 29.1 Å². The molecule has 1 aromatic heterocycles. The molecule has 0 spiro atoms. The van der Waals surface area contributed by atoms with Crippen LogP contribution in [0.5, 0.6) is 17.2 Å². The summed E-state index contributed by atoms with van der Waals surface area (Å²) >= 11 is 0. The van der Waals surface area contributed by atoms with Crippen LogP contribution in [0.1, 0.15) is 42.2 Å². The van der Waals surface area contributed by atoms with Gasteiger partial charge in [-0.25, -0.2) is 0 Å². The van der Waals surface area contributed by atoms with Crippen LogP contribution in [0.15, 0.2) is 60.9 Å². The number of hydrogen-bond acceptors (Lipinski definition) is 8. The van der Waals surface area contributed by atoms with Crippen molar-refractivity contribution in [2.24, 2.45) is 0 Å². The lowest BCUT2D eigenvalue weighted by molar-refractivity contribution is -0.180. The summed E-state index contributed by atoms with van der Waals surface area (Å²) in [7, 11) is 0. The lowest BCUT2D eigenvalue weighted by Crippen LogP contribution is -2.35. The highest BCUT2D eigenvalue weighted by molar-refractivity contribution is 5.44. The number of aromatic nitrogens is 1. The molecule has 0 bridgehead atoms. The molecule has 2 atom stereocenters. The first-order valence-corrected chi connectivity index (χ1v) is 12.7. The molecule has 0 amide bonds. The molecular weight excluding hydrogens is 472 g/mol. The summed E-state index contributed by atoms with van der Waals surface area (Å²) in [5.74, 6) is 1.67. The van der Waals surface area contributed by atoms with Crippen molar-refractivity contribution in [1.29, 1.82) is 0 Å². The Kier molecular flexibility index (Phi) is 7.90. The standard InChI is InChI=1S/C29H34N2O6/c1-29(2)35-17-23-13-22(6-8-26(23)37-29)25(32)15-31-11-9-20-5-7-27-28(12-20)36-24(19-34-27)18-33-16-21-4-3-10-30-14-21/h3-8,10,12-14,24-25,31-32H,9,11,15-19H2,1-2H3/t24-,25+/m1/s1. The van der Waals surface area contributed by atoms with E-state index < -0.39 is 11.9 Å². The topological polar surface area (TPSA) is 91.3 Å². The molecule has 2 N–H and O–H groups in total. The molecule has 3 aromatic rings. The lowest BCUT2D eigenvalue weighted by Gasteiger charge is -2.33. The fourth-order valence-corrected chi connectivity index (χ4v) is 4.34. The van der Waals surface area contributed by atoms with Crippen molar-refractivity contribution in [3.63, 3.8) is 0 Å². The van der Waals surface area contributed by atoms with Crippen molar-refractivity contribution in [2.45, 2.75) is 51.5 Å². The summed E-state index contributed by atoms with van der Waals surface area (Å²) in [5.41, 5.74) is 3.95. The van der Waals surface area contributed by atoms with Gasteiger partial charge in [0, 0.05) is 38.3 Å². The number of nitrogens with one attached hydrogen (secondary N) is 1. The van der Waals surface area contributed by atoms with E-state index in [1.807, 2.05) is 62.4 Å². The Hall–Kier alpha value is -3.17. The average molecular weight is 507 g/mol. The number of fused-ring (bicyclic) bond motifs is 2. The van der Waals surface area contributed by atoms with Crippen LogP contribution in [0, 0.1) is 0 Å². The first-order valence-electron chi connectivity index (χ1n) is 12.7. The predicted molar refractivity (Wildman–Crippen MR) is 138 cm³/mol. The Morgan fingerprint density at radius 1 is 1.11 bits per heavy atom. The molecule has 0 saturated carbocycles. The van der Waals surface area contributed by atoms with E-state index in [1.165, 1.54) is 0 Å². The fraction of sp³-hybridized carbons (Fsp3) is 0.414. The third-order valence-corrected chi connectivity index (χ3v) is 6.35. The van der Waals surface area contributed by atoms with E-state index >= 15 is 0 Å². The Morgan fingerprint density at radius 3 is 2.86 bits per heavy atom. The number of pyridine rings is 1. The second kappa shape index (κ2) is 11.5. The quantitative estimate of drug-likeness (QED) is 0.400. The van der Waals surface area contributed by atoms with Crippen molar-refractivity contribution in [1.82, 2.24) is 10.3 Å². The Labute approximate surface area is 217 Å². The predicted octanol–water partition coefficient (Wildman–Crippen LogP) is 3.95. The van der Waals surface area contributed by atoms with Crippen molar-refractivity contribution in [2.75, 3.05) is 26.3 Å². The molecule has 0 unspecified atom stereocenters. The number of rotatable bonds is 10. The van der Waals surface area contributed by atoms with Crippen molar-refractivity contribution >= 4 is 0 Å². The normalized spacial score (nSPS) is 18.5. The molecular formula is C29H34N2O6. The van der Waals surface area contributed by atoms with Gasteiger partial charge in [0.1, 0.15) is 12.4 Å². The Morgan fingerprint density at radius 2 is 2.00 bits per heavy atom. The highest BCUT2D eigenvalue weighted by Gasteiger charge is 2.27. The molecule has 0 saturated heterocycles. The smallest absolute Gasteiger partial charge is 0.205 e. The van der Waals surface area contributed by atoms with Gasteiger partial charge in [0.05, 0.1) is 25.9 Å². The third kappa shape index (κ3) is 6.78. The first-order chi connectivity index (χ1) is 17.9. The van der Waals surface area contributed by atoms with Gasteiger partial charge in [-0.1, -0.05) is 18.2 Å². The van der Waals surface area contributed by atoms with Gasteiger partial charge in [-0.05, 0) is 60.0 Å². The summed E-state index contributed by atoms with van der Waals surface area (Å²) in [6.45, 7) is 6.81. The van der Waals surface area contributed by atoms with E-state index in [0.29, 0.717) is 33.0 Å². The first kappa shape index (κ1) is 25.5. The Bertz CT molecular complexity index is 1190. The van der Waals surface area contributed by atoms with Crippen LogP contribution in [0.3, 0.4) is 0 Å². The van der Waals surface area contributed by atoms with Crippen LogP contribution in [0.4, 0.5) is 0 Å². The maximum absolute atomic E-state index is 10.7. The van der Waals surface area contributed by atoms with Crippen LogP contribution in [-0.4, -0.2) is 48.3 Å². The van der Waals surface area contributed by atoms with Gasteiger partial charge in [-0.2, -0.15) is 0 Å². The molecule has 8 nitrogen and oxygen atoms in total. The SMILES string of the molecule is CC1(C)OCc2cc([C@@H](O)CNCCc3ccc4c(c3)O[C@H](COCc3cccnc3)CO4)ccc2O1. The molecule has 8 heteroatoms. The molecule has 37 heavy (non-hydrogen) atoms. The summed E-state index contributed by atoms with van der Waals surface area (Å²) in [6, 6.07) is 15.7. The van der Waals surface area contributed by atoms with Gasteiger partial charge in [-0.3, -0.25) is 4.98 Å². The van der Waals surface area contributed by atoms with Crippen LogP contribution in [0.2, 0.25) is 0 Å². The molecule has 2 aromatic carbocycles. The van der Waals surface area contributed by atoms with E-state index in [1.54, 1.807) is 12.4 Å². The van der Waals surface area contributed by atoms with E-state index in [9.17, 15) is 5.11 Å². The highest BCUT2D eigenvalue weighted by Crippen LogP contribution is 2.34. The average Bonchev–Trinajstić information content (AvgIpc) is 2.90. The lowest BCUT2D eigenvalue weighted by atomic mass is 10.0. The van der Waals surface area contributed by atoms with Crippen molar-refractivity contribution < 1.29 is 28.8 Å². The zero-order valence-corrected chi connectivity index (χ0v) is 21.3. The van der Waals surface area contributed by atoms with Gasteiger partial charge in [0.2, 0.25) is 5.79 Å². The highest BCUT2D eigenvalue weighted by atomic mass is 16.7. The molecule has 2 aliphatic heterocycles. The van der Waals surface area contributed by atoms with Gasteiger partial charge in [-0.15, -0.1) is 0 Å². The second-order valence-electron chi connectivity index (χ2n) is 9.84. The van der Waals surface area contributed by atoms with Gasteiger partial charge >= 0.3 is 0 Å². The minimum atomic E-state index is -0.627. The van der Waals surface area contributed by atoms with E-state index in [4.69, 9.17) is 23.7 Å². The molecule has 5 rings (SSSR count). The zero-order chi connectivity index (χ0) is 25.7. The third-order valence-electron chi connectivity index (χ3n) is 6.35. The monoisotopic (exact) mass is 506 g/mol. The molecule has 2 aliphatic rings. The number of aliphatic hydroxyl groups excluding tert-OH is 1. The number of aliphatic hydroxyl groups is 1. The zero-order valence-electron chi connectivity index (χ0n) is 21.3. The summed E-state index contributed by atoms with van der Waals surface area (Å²) in [5, 5.41) is 14.0. The van der Waals surface area contributed by atoms with Gasteiger partial charge in [0.25, 0.3) is 0 Å². The van der Waals surface area contributed by atoms with E-state index in [-0.39, 0.29) is 6.10 Å². The van der Waals surface area contributed by atoms with Crippen LogP contribution in [0.25, 0.3) is 0 Å². The Balaban J connectivity index is 1.06. The largest absolute Gasteiger partial charge is 0.486 e. The van der Waals surface area contributed by atoms with Crippen LogP contribution >= 0.6 is 0 Å². The molecule has 0 fully saturated rings. The number of hydrogen-bond donors (Lipinski definition) is 2. The molecule has 0 radical (unpaired) electrons. The summed E-state index contributed by atoms with van der Waals surface area (Å²) in [4.78, 5) is 4.10. The summed E-state index contributed by atoms with van der Waals surface area (Å²) in [6.07, 6.45) is 3.56. The minimum absolute atomic E-state index is 0.161. The summed E-state index contributed by atoms with van der Waals surface area (Å²) < 4.78 is 29.3. The van der Waals surface area contributed by atoms with Crippen molar-refractivity contribution in [3.8, 4) is 17.2 Å². The maximum atomic E-state index is 10.7. The number of benzene rings is 2. The van der Waals surface area contributed by atoms with E-state index in [2.05, 4.69) is 10.3 Å². The number of nitrogens with zero attached hydrogens (tertiary/aromatic N) is 1. The fourth-order valence-electron chi connectivity index (χ4n) is 4.34. The molecule has 0 aliphatic carbocycles. The van der Waals surface area contributed by atoms with Crippen LogP contribution < -0.4 is 19.5 Å². The second-order valence-corrected chi connectivity index (χ2v) is 9.84. The molecule has 3 heterocycles. The number of ether oxygens (including phenoxy) is 5. The maximum Gasteiger partial charge on any atom is 0.205 e. The van der Waals surface area contributed by atoms with E-state index in [0.717, 1.165) is 52.5 Å². The van der Waals surface area contributed by atoms with Gasteiger partial charge in [0.15, 0.2) is 17.6 Å². The minimum Gasteiger partial charge on any atom is -0.486 e. The molecule has 196 valence electrons. The van der Waals surface area contributed by atoms with Crippen molar-refractivity contribution in [3.05, 3.63) is 83.2 Å². The van der Waals surface area contributed by atoms with Gasteiger partial charge < -0.3 is 34.1 Å².